The van der Waals surface area contributed by atoms with Crippen LogP contribution in [0.4, 0.5) is 4.39 Å². The first-order valence-electron chi connectivity index (χ1n) is 6.85. The number of thiophene rings is 1. The van der Waals surface area contributed by atoms with Crippen molar-refractivity contribution in [3.63, 3.8) is 0 Å². The largest absolute Gasteiger partial charge is 0.480 e. The van der Waals surface area contributed by atoms with Gasteiger partial charge >= 0.3 is 5.97 Å². The molecule has 0 saturated heterocycles. The number of aromatic nitrogens is 2. The van der Waals surface area contributed by atoms with E-state index in [1.165, 1.54) is 14.2 Å². The molecule has 1 unspecified atom stereocenters. The molecule has 2 rings (SSSR count). The Hall–Kier alpha value is -2.33. The minimum absolute atomic E-state index is 0.174. The Morgan fingerprint density at radius 1 is 1.38 bits per heavy atom. The second-order valence-corrected chi connectivity index (χ2v) is 5.84. The molecular weight excluding hydrogens is 341 g/mol. The van der Waals surface area contributed by atoms with Crippen molar-refractivity contribution in [3.8, 4) is 5.88 Å². The molecule has 0 radical (unpaired) electrons. The summed E-state index contributed by atoms with van der Waals surface area (Å²) < 4.78 is 22.9. The molecule has 0 bridgehead atoms. The fraction of sp³-hybridized carbons (Fsp3) is 0.429. The summed E-state index contributed by atoms with van der Waals surface area (Å²) in [6, 6.07) is -1.60. The highest BCUT2D eigenvalue weighted by atomic mass is 32.1. The van der Waals surface area contributed by atoms with Crippen LogP contribution in [0.2, 0.25) is 0 Å². The van der Waals surface area contributed by atoms with E-state index in [1.807, 2.05) is 0 Å². The minimum Gasteiger partial charge on any atom is -0.480 e. The van der Waals surface area contributed by atoms with E-state index in [4.69, 9.17) is 14.6 Å². The number of nitrogens with zero attached hydrogens (tertiary/aromatic N) is 2. The Balaban J connectivity index is 2.46. The lowest BCUT2D eigenvalue weighted by Gasteiger charge is -2.10. The molecule has 2 N–H and O–H groups in total. The number of alkyl halides is 1. The monoisotopic (exact) mass is 357 g/mol. The molecule has 0 aliphatic rings. The third-order valence-corrected chi connectivity index (χ3v) is 4.42. The van der Waals surface area contributed by atoms with Crippen LogP contribution in [0.1, 0.15) is 21.1 Å². The lowest BCUT2D eigenvalue weighted by Crippen LogP contribution is -2.42. The molecule has 0 aromatic carbocycles. The van der Waals surface area contributed by atoms with Gasteiger partial charge in [0.15, 0.2) is 11.9 Å². The number of nitrogens with one attached hydrogen (secondary N) is 1. The van der Waals surface area contributed by atoms with Crippen molar-refractivity contribution in [1.29, 1.82) is 0 Å². The van der Waals surface area contributed by atoms with Gasteiger partial charge in [-0.05, 0) is 12.5 Å². The molecule has 0 saturated carbocycles. The van der Waals surface area contributed by atoms with Gasteiger partial charge in [-0.1, -0.05) is 0 Å². The van der Waals surface area contributed by atoms with E-state index in [-0.39, 0.29) is 11.5 Å². The van der Waals surface area contributed by atoms with Crippen LogP contribution in [0.15, 0.2) is 0 Å². The van der Waals surface area contributed by atoms with Crippen molar-refractivity contribution in [3.05, 3.63) is 16.3 Å². The van der Waals surface area contributed by atoms with E-state index in [0.717, 1.165) is 11.3 Å². The second-order valence-electron chi connectivity index (χ2n) is 4.84. The summed E-state index contributed by atoms with van der Waals surface area (Å²) >= 11 is 1.05. The molecule has 10 heteroatoms. The molecular formula is C14H16FN3O5S. The highest BCUT2D eigenvalue weighted by Crippen LogP contribution is 2.35. The molecule has 24 heavy (non-hydrogen) atoms. The molecule has 0 fully saturated rings. The predicted molar refractivity (Wildman–Crippen MR) is 84.3 cm³/mol. The Morgan fingerprint density at radius 2 is 2.08 bits per heavy atom. The van der Waals surface area contributed by atoms with Gasteiger partial charge in [0.2, 0.25) is 5.88 Å². The van der Waals surface area contributed by atoms with Gasteiger partial charge in [0.05, 0.1) is 17.4 Å². The third kappa shape index (κ3) is 3.44. The number of carboxylic acids is 1. The van der Waals surface area contributed by atoms with Crippen LogP contribution in [-0.4, -0.2) is 53.9 Å². The van der Waals surface area contributed by atoms with E-state index >= 15 is 0 Å². The van der Waals surface area contributed by atoms with Gasteiger partial charge in [0.1, 0.15) is 18.1 Å². The maximum atomic E-state index is 12.7. The van der Waals surface area contributed by atoms with E-state index in [9.17, 15) is 14.0 Å². The first-order chi connectivity index (χ1) is 11.4. The maximum Gasteiger partial charge on any atom is 0.328 e. The molecule has 8 nitrogen and oxygen atoms in total. The number of fused-ring (bicyclic) bond motifs is 1. The van der Waals surface area contributed by atoms with Crippen molar-refractivity contribution < 1.29 is 28.6 Å². The third-order valence-electron chi connectivity index (χ3n) is 3.23. The van der Waals surface area contributed by atoms with Gasteiger partial charge in [-0.15, -0.1) is 11.3 Å². The summed E-state index contributed by atoms with van der Waals surface area (Å²) in [6.07, 6.45) is 0. The second kappa shape index (κ2) is 7.49. The lowest BCUT2D eigenvalue weighted by molar-refractivity contribution is -0.139. The lowest BCUT2D eigenvalue weighted by atomic mass is 10.2. The quantitative estimate of drug-likeness (QED) is 0.768. The van der Waals surface area contributed by atoms with Crippen LogP contribution in [0.25, 0.3) is 10.2 Å². The fourth-order valence-corrected chi connectivity index (χ4v) is 3.19. The summed E-state index contributed by atoms with van der Waals surface area (Å²) in [7, 11) is 2.94. The summed E-state index contributed by atoms with van der Waals surface area (Å²) in [5, 5.41) is 11.5. The smallest absolute Gasteiger partial charge is 0.328 e. The van der Waals surface area contributed by atoms with E-state index in [2.05, 4.69) is 15.3 Å². The Morgan fingerprint density at radius 3 is 2.62 bits per heavy atom. The van der Waals surface area contributed by atoms with Crippen LogP contribution in [-0.2, 0) is 16.1 Å². The van der Waals surface area contributed by atoms with Crippen LogP contribution in [0.3, 0.4) is 0 Å². The summed E-state index contributed by atoms with van der Waals surface area (Å²) in [6.45, 7) is 0.640. The van der Waals surface area contributed by atoms with Gasteiger partial charge in [-0.3, -0.25) is 4.79 Å². The van der Waals surface area contributed by atoms with Crippen LogP contribution >= 0.6 is 11.3 Å². The summed E-state index contributed by atoms with van der Waals surface area (Å²) in [5.41, 5.74) is 0.538. The molecule has 2 aromatic rings. The van der Waals surface area contributed by atoms with E-state index < -0.39 is 24.6 Å². The van der Waals surface area contributed by atoms with Gasteiger partial charge < -0.3 is 19.9 Å². The number of carbonyl (C=O) groups is 2. The van der Waals surface area contributed by atoms with Gasteiger partial charge in [0, 0.05) is 7.11 Å². The number of carboxylic acid groups (broad SMARTS) is 1. The van der Waals surface area contributed by atoms with Crippen LogP contribution < -0.4 is 10.1 Å². The molecule has 2 aromatic heterocycles. The van der Waals surface area contributed by atoms with Crippen molar-refractivity contribution >= 4 is 33.4 Å². The SMILES string of the molecule is COCc1nc(OC)c2c(C)c(C(=O)NC(CF)C(=O)O)sc2n1. The summed E-state index contributed by atoms with van der Waals surface area (Å²) in [4.78, 5) is 32.4. The van der Waals surface area contributed by atoms with E-state index in [1.54, 1.807) is 6.92 Å². The maximum absolute atomic E-state index is 12.7. The number of carbonyl (C=O) groups excluding carboxylic acids is 1. The summed E-state index contributed by atoms with van der Waals surface area (Å²) in [5.74, 6) is -1.44. The highest BCUT2D eigenvalue weighted by molar-refractivity contribution is 7.20. The minimum atomic E-state index is -1.60. The van der Waals surface area contributed by atoms with E-state index in [0.29, 0.717) is 27.5 Å². The Bertz CT molecular complexity index is 779. The zero-order valence-electron chi connectivity index (χ0n) is 13.3. The number of aryl methyl sites for hydroxylation is 1. The first kappa shape index (κ1) is 18.0. The molecule has 1 atom stereocenters. The van der Waals surface area contributed by atoms with Crippen molar-refractivity contribution in [2.75, 3.05) is 20.9 Å². The van der Waals surface area contributed by atoms with Gasteiger partial charge in [0.25, 0.3) is 5.91 Å². The standard InChI is InChI=1S/C14H16FN3O5S/c1-6-9-12(23-3)17-8(5-22-2)18-13(9)24-10(6)11(19)16-7(4-15)14(20)21/h7H,4-5H2,1-3H3,(H,16,19)(H,20,21). The number of hydrogen-bond donors (Lipinski definition) is 2. The molecule has 1 amide bonds. The topological polar surface area (TPSA) is 111 Å². The zero-order valence-corrected chi connectivity index (χ0v) is 14.1. The average molecular weight is 357 g/mol. The van der Waals surface area contributed by atoms with Crippen molar-refractivity contribution in [2.24, 2.45) is 0 Å². The van der Waals surface area contributed by atoms with Gasteiger partial charge in [-0.25, -0.2) is 14.2 Å². The van der Waals surface area contributed by atoms with Crippen LogP contribution in [0.5, 0.6) is 5.88 Å². The van der Waals surface area contributed by atoms with Crippen molar-refractivity contribution in [1.82, 2.24) is 15.3 Å². The average Bonchev–Trinajstić information content (AvgIpc) is 2.88. The molecule has 0 aliphatic carbocycles. The number of halogens is 1. The predicted octanol–water partition coefficient (Wildman–Crippen LogP) is 1.31. The first-order valence-corrected chi connectivity index (χ1v) is 7.67. The Labute approximate surface area is 140 Å². The molecule has 130 valence electrons. The number of methoxy groups -OCH3 is 2. The Kier molecular flexibility index (Phi) is 5.62. The zero-order chi connectivity index (χ0) is 17.9. The molecule has 0 aliphatic heterocycles. The molecule has 2 heterocycles. The number of rotatable bonds is 7. The normalized spacial score (nSPS) is 12.2. The van der Waals surface area contributed by atoms with Crippen LogP contribution in [0, 0.1) is 6.92 Å². The number of hydrogen-bond acceptors (Lipinski definition) is 7. The van der Waals surface area contributed by atoms with Gasteiger partial charge in [-0.2, -0.15) is 4.98 Å². The fourth-order valence-electron chi connectivity index (χ4n) is 2.09. The number of ether oxygens (including phenoxy) is 2. The number of amides is 1. The van der Waals surface area contributed by atoms with Crippen molar-refractivity contribution in [2.45, 2.75) is 19.6 Å². The molecule has 0 spiro atoms. The number of aliphatic carboxylic acids is 1. The highest BCUT2D eigenvalue weighted by Gasteiger charge is 2.25.